The molecule has 4 heterocycles. The Hall–Kier alpha value is -3.48. The first kappa shape index (κ1) is 17.9. The number of H-pyrrole nitrogens is 2. The number of imidazole rings is 1. The molecule has 2 aliphatic rings. The summed E-state index contributed by atoms with van der Waals surface area (Å²) >= 11 is 0. The smallest absolute Gasteiger partial charge is 0.350 e. The molecule has 0 amide bonds. The lowest BCUT2D eigenvalue weighted by Crippen LogP contribution is -2.36. The standard InChI is InChI=1S/C15H14N4O9/c1-4(20)25-9-7-8(10(14(23)28-7)26-5(2)21)27-13(9)19-3-16-11-6(19)12(22)18-15(24)17-11/h3,7-10,13H,1-2H3,(H2,17,18,22,24). The van der Waals surface area contributed by atoms with E-state index in [-0.39, 0.29) is 11.2 Å². The van der Waals surface area contributed by atoms with Crippen LogP contribution in [0.15, 0.2) is 15.9 Å². The summed E-state index contributed by atoms with van der Waals surface area (Å²) in [6, 6.07) is 0. The first-order valence-electron chi connectivity index (χ1n) is 8.16. The Morgan fingerprint density at radius 2 is 1.82 bits per heavy atom. The minimum atomic E-state index is -1.35. The van der Waals surface area contributed by atoms with Crippen LogP contribution in [-0.4, -0.2) is 61.8 Å². The molecule has 4 rings (SSSR count). The Morgan fingerprint density at radius 3 is 2.50 bits per heavy atom. The average molecular weight is 394 g/mol. The molecule has 0 aromatic carbocycles. The van der Waals surface area contributed by atoms with Crippen molar-refractivity contribution in [3.63, 3.8) is 0 Å². The van der Waals surface area contributed by atoms with Crippen LogP contribution in [0.2, 0.25) is 0 Å². The summed E-state index contributed by atoms with van der Waals surface area (Å²) in [5, 5.41) is 0. The Bertz CT molecular complexity index is 1100. The molecule has 2 fully saturated rings. The first-order chi connectivity index (χ1) is 13.3. The quantitative estimate of drug-likeness (QED) is 0.442. The highest BCUT2D eigenvalue weighted by Gasteiger charge is 2.61. The van der Waals surface area contributed by atoms with E-state index in [0.717, 1.165) is 13.8 Å². The number of nitrogens with one attached hydrogen (secondary N) is 2. The van der Waals surface area contributed by atoms with Crippen LogP contribution in [0.3, 0.4) is 0 Å². The van der Waals surface area contributed by atoms with E-state index in [0.29, 0.717) is 0 Å². The molecule has 0 spiro atoms. The van der Waals surface area contributed by atoms with E-state index in [1.54, 1.807) is 0 Å². The average Bonchev–Trinajstić information content (AvgIpc) is 3.22. The number of carbonyl (C=O) groups is 3. The summed E-state index contributed by atoms with van der Waals surface area (Å²) in [5.74, 6) is -2.24. The lowest BCUT2D eigenvalue weighted by atomic mass is 10.1. The minimum absolute atomic E-state index is 0.00971. The summed E-state index contributed by atoms with van der Waals surface area (Å²) in [6.07, 6.45) is -4.54. The van der Waals surface area contributed by atoms with Crippen LogP contribution in [-0.2, 0) is 33.3 Å². The summed E-state index contributed by atoms with van der Waals surface area (Å²) < 4.78 is 22.5. The van der Waals surface area contributed by atoms with E-state index in [2.05, 4.69) is 15.0 Å². The van der Waals surface area contributed by atoms with Gasteiger partial charge in [-0.15, -0.1) is 0 Å². The highest BCUT2D eigenvalue weighted by Crippen LogP contribution is 2.40. The Kier molecular flexibility index (Phi) is 4.03. The molecule has 2 aliphatic heterocycles. The maximum absolute atomic E-state index is 12.2. The fourth-order valence-corrected chi connectivity index (χ4v) is 3.38. The third-order valence-corrected chi connectivity index (χ3v) is 4.35. The van der Waals surface area contributed by atoms with Crippen LogP contribution in [0, 0.1) is 0 Å². The normalized spacial score (nSPS) is 28.8. The number of hydrogen-bond acceptors (Lipinski definition) is 10. The van der Waals surface area contributed by atoms with Gasteiger partial charge in [0.05, 0.1) is 0 Å². The van der Waals surface area contributed by atoms with Gasteiger partial charge in [0.15, 0.2) is 29.6 Å². The second kappa shape index (κ2) is 6.30. The number of ether oxygens (including phenoxy) is 4. The molecule has 0 radical (unpaired) electrons. The van der Waals surface area contributed by atoms with Crippen LogP contribution in [0.5, 0.6) is 0 Å². The van der Waals surface area contributed by atoms with Crippen LogP contribution in [0.1, 0.15) is 20.1 Å². The van der Waals surface area contributed by atoms with E-state index in [1.165, 1.54) is 10.9 Å². The number of carbonyl (C=O) groups excluding carboxylic acids is 3. The van der Waals surface area contributed by atoms with Gasteiger partial charge in [0.25, 0.3) is 5.56 Å². The molecule has 2 aromatic heterocycles. The Morgan fingerprint density at radius 1 is 1.11 bits per heavy atom. The summed E-state index contributed by atoms with van der Waals surface area (Å²) in [6.45, 7) is 2.27. The molecule has 13 nitrogen and oxygen atoms in total. The number of aromatic amines is 2. The van der Waals surface area contributed by atoms with E-state index >= 15 is 0 Å². The SMILES string of the molecule is CC(=O)OC1C(=O)OC2C1OC(n1cnc3[nH]c(=O)[nH]c(=O)c31)C2OC(C)=O. The third kappa shape index (κ3) is 2.76. The molecule has 0 saturated carbocycles. The van der Waals surface area contributed by atoms with E-state index in [4.69, 9.17) is 18.9 Å². The monoisotopic (exact) mass is 394 g/mol. The molecule has 0 aliphatic carbocycles. The molecule has 148 valence electrons. The molecule has 2 aromatic rings. The summed E-state index contributed by atoms with van der Waals surface area (Å²) in [5.41, 5.74) is -1.54. The molecule has 28 heavy (non-hydrogen) atoms. The second-order valence-electron chi connectivity index (χ2n) is 6.25. The zero-order valence-corrected chi connectivity index (χ0v) is 14.5. The molecular formula is C15H14N4O9. The highest BCUT2D eigenvalue weighted by atomic mass is 16.7. The zero-order chi connectivity index (χ0) is 20.2. The van der Waals surface area contributed by atoms with Crippen molar-refractivity contribution in [2.45, 2.75) is 44.5 Å². The number of fused-ring (bicyclic) bond motifs is 2. The van der Waals surface area contributed by atoms with Crippen molar-refractivity contribution in [1.82, 2.24) is 19.5 Å². The lowest BCUT2D eigenvalue weighted by molar-refractivity contribution is -0.174. The predicted octanol–water partition coefficient (Wildman–Crippen LogP) is -1.90. The highest BCUT2D eigenvalue weighted by molar-refractivity contribution is 5.82. The van der Waals surface area contributed by atoms with Gasteiger partial charge in [-0.25, -0.2) is 14.6 Å². The molecular weight excluding hydrogens is 380 g/mol. The maximum Gasteiger partial charge on any atom is 0.350 e. The van der Waals surface area contributed by atoms with Crippen molar-refractivity contribution in [1.29, 1.82) is 0 Å². The van der Waals surface area contributed by atoms with Crippen molar-refractivity contribution in [2.24, 2.45) is 0 Å². The van der Waals surface area contributed by atoms with Gasteiger partial charge in [-0.1, -0.05) is 0 Å². The minimum Gasteiger partial charge on any atom is -0.454 e. The number of aromatic nitrogens is 4. The van der Waals surface area contributed by atoms with Crippen LogP contribution in [0.25, 0.3) is 11.2 Å². The fraction of sp³-hybridized carbons (Fsp3) is 0.467. The van der Waals surface area contributed by atoms with Crippen molar-refractivity contribution in [2.75, 3.05) is 0 Å². The van der Waals surface area contributed by atoms with Crippen LogP contribution >= 0.6 is 0 Å². The fourth-order valence-electron chi connectivity index (χ4n) is 3.38. The van der Waals surface area contributed by atoms with Gasteiger partial charge in [-0.2, -0.15) is 0 Å². The Balaban J connectivity index is 1.78. The van der Waals surface area contributed by atoms with E-state index in [1.807, 2.05) is 0 Å². The zero-order valence-electron chi connectivity index (χ0n) is 14.5. The molecule has 2 N–H and O–H groups in total. The van der Waals surface area contributed by atoms with Crippen molar-refractivity contribution < 1.29 is 33.3 Å². The number of hydrogen-bond donors (Lipinski definition) is 2. The summed E-state index contributed by atoms with van der Waals surface area (Å²) in [4.78, 5) is 66.9. The van der Waals surface area contributed by atoms with Gasteiger partial charge in [0.1, 0.15) is 12.4 Å². The van der Waals surface area contributed by atoms with E-state index in [9.17, 15) is 24.0 Å². The topological polar surface area (TPSA) is 172 Å². The van der Waals surface area contributed by atoms with E-state index < -0.39 is 59.8 Å². The summed E-state index contributed by atoms with van der Waals surface area (Å²) in [7, 11) is 0. The van der Waals surface area contributed by atoms with Gasteiger partial charge in [-0.3, -0.25) is 28.9 Å². The number of esters is 3. The predicted molar refractivity (Wildman–Crippen MR) is 85.9 cm³/mol. The maximum atomic E-state index is 12.2. The lowest BCUT2D eigenvalue weighted by Gasteiger charge is -2.22. The van der Waals surface area contributed by atoms with Crippen molar-refractivity contribution >= 4 is 29.1 Å². The van der Waals surface area contributed by atoms with Gasteiger partial charge in [0, 0.05) is 13.8 Å². The molecule has 13 heteroatoms. The van der Waals surface area contributed by atoms with Gasteiger partial charge in [-0.05, 0) is 0 Å². The van der Waals surface area contributed by atoms with Gasteiger partial charge < -0.3 is 18.9 Å². The second-order valence-corrected chi connectivity index (χ2v) is 6.25. The van der Waals surface area contributed by atoms with Crippen LogP contribution < -0.4 is 11.2 Å². The van der Waals surface area contributed by atoms with Crippen molar-refractivity contribution in [3.8, 4) is 0 Å². The largest absolute Gasteiger partial charge is 0.454 e. The Labute approximate surface area is 154 Å². The van der Waals surface area contributed by atoms with Crippen LogP contribution in [0.4, 0.5) is 0 Å². The number of rotatable bonds is 3. The first-order valence-corrected chi connectivity index (χ1v) is 8.16. The molecule has 0 bridgehead atoms. The number of nitrogens with zero attached hydrogens (tertiary/aromatic N) is 2. The third-order valence-electron chi connectivity index (χ3n) is 4.35. The molecule has 5 atom stereocenters. The van der Waals surface area contributed by atoms with Gasteiger partial charge >= 0.3 is 23.6 Å². The van der Waals surface area contributed by atoms with Crippen molar-refractivity contribution in [3.05, 3.63) is 27.2 Å². The van der Waals surface area contributed by atoms with Gasteiger partial charge in [0.2, 0.25) is 6.10 Å². The molecule has 5 unspecified atom stereocenters. The molecule has 2 saturated heterocycles.